The first-order chi connectivity index (χ1) is 21.7. The standard InChI is InChI=1S/C33H36ClF2N5O4/c1-32(42)8-4-10-40(17-32)30-24-15-37-28(23-13-22(45-19-43-2)12-20-6-3-7-25(34)26(20)23)27(36)29(24)38-31(39-30)44-18-33-9-5-11-41(33)16-21(35)14-33/h3,6-7,12-13,15,21,42H,4-5,8-11,14,16-19H2,1-2H3/t21-,32-,33+/m1/s1. The van der Waals surface area contributed by atoms with Gasteiger partial charge in [-0.2, -0.15) is 9.97 Å². The van der Waals surface area contributed by atoms with Crippen molar-refractivity contribution in [2.45, 2.75) is 56.3 Å². The van der Waals surface area contributed by atoms with Crippen molar-refractivity contribution < 1.29 is 28.1 Å². The van der Waals surface area contributed by atoms with Crippen LogP contribution in [-0.4, -0.2) is 89.0 Å². The Kier molecular flexibility index (Phi) is 7.92. The van der Waals surface area contributed by atoms with Gasteiger partial charge < -0.3 is 24.2 Å². The zero-order valence-corrected chi connectivity index (χ0v) is 26.1. The summed E-state index contributed by atoms with van der Waals surface area (Å²) in [6, 6.07) is 8.93. The summed E-state index contributed by atoms with van der Waals surface area (Å²) in [5.74, 6) is 0.234. The van der Waals surface area contributed by atoms with Crippen molar-refractivity contribution in [2.24, 2.45) is 0 Å². The third-order valence-corrected chi connectivity index (χ3v) is 9.66. The minimum Gasteiger partial charge on any atom is -0.468 e. The van der Waals surface area contributed by atoms with Crippen molar-refractivity contribution >= 4 is 39.1 Å². The first-order valence-corrected chi connectivity index (χ1v) is 15.7. The molecule has 9 nitrogen and oxygen atoms in total. The second kappa shape index (κ2) is 11.8. The molecule has 0 spiro atoms. The molecule has 3 aliphatic rings. The second-order valence-electron chi connectivity index (χ2n) is 12.8. The van der Waals surface area contributed by atoms with E-state index in [9.17, 15) is 9.50 Å². The van der Waals surface area contributed by atoms with Gasteiger partial charge in [0.15, 0.2) is 12.6 Å². The lowest BCUT2D eigenvalue weighted by Crippen LogP contribution is -2.46. The lowest BCUT2D eigenvalue weighted by Gasteiger charge is -2.38. The van der Waals surface area contributed by atoms with Crippen molar-refractivity contribution in [3.8, 4) is 23.0 Å². The number of methoxy groups -OCH3 is 1. The molecule has 5 heterocycles. The van der Waals surface area contributed by atoms with Crippen LogP contribution >= 0.6 is 11.6 Å². The Balaban J connectivity index is 1.36. The van der Waals surface area contributed by atoms with Crippen LogP contribution in [0.5, 0.6) is 11.8 Å². The molecule has 3 atom stereocenters. The van der Waals surface area contributed by atoms with E-state index in [1.165, 1.54) is 7.11 Å². The SMILES string of the molecule is COCOc1cc(-c2ncc3c(N4CCC[C@@](C)(O)C4)nc(OC[C@@]45CCCN4C[C@H](F)C5)nc3c2F)c2c(Cl)cccc2c1. The van der Waals surface area contributed by atoms with Crippen molar-refractivity contribution in [1.29, 1.82) is 0 Å². The number of nitrogens with zero attached hydrogens (tertiary/aromatic N) is 5. The number of hydrogen-bond acceptors (Lipinski definition) is 9. The summed E-state index contributed by atoms with van der Waals surface area (Å²) < 4.78 is 48.3. The molecule has 0 radical (unpaired) electrons. The maximum absolute atomic E-state index is 16.8. The van der Waals surface area contributed by atoms with Crippen LogP contribution in [0.15, 0.2) is 36.5 Å². The highest BCUT2D eigenvalue weighted by atomic mass is 35.5. The molecule has 0 saturated carbocycles. The fourth-order valence-corrected chi connectivity index (χ4v) is 7.60. The molecule has 45 heavy (non-hydrogen) atoms. The van der Waals surface area contributed by atoms with E-state index >= 15 is 4.39 Å². The number of piperidine rings is 1. The molecule has 2 aromatic carbocycles. The summed E-state index contributed by atoms with van der Waals surface area (Å²) in [5, 5.41) is 13.1. The van der Waals surface area contributed by atoms with Crippen molar-refractivity contribution in [2.75, 3.05) is 51.6 Å². The van der Waals surface area contributed by atoms with Gasteiger partial charge in [0.05, 0.1) is 16.5 Å². The highest BCUT2D eigenvalue weighted by molar-refractivity contribution is 6.36. The molecular formula is C33H36ClF2N5O4. The molecule has 3 aliphatic heterocycles. The van der Waals surface area contributed by atoms with E-state index in [4.69, 9.17) is 30.8 Å². The number of rotatable bonds is 8. The number of anilines is 1. The number of hydrogen-bond donors (Lipinski definition) is 1. The molecule has 0 unspecified atom stereocenters. The third-order valence-electron chi connectivity index (χ3n) is 9.35. The zero-order chi connectivity index (χ0) is 31.3. The molecule has 0 aliphatic carbocycles. The summed E-state index contributed by atoms with van der Waals surface area (Å²) in [6.07, 6.45) is 4.21. The zero-order valence-electron chi connectivity index (χ0n) is 25.4. The molecule has 3 fully saturated rings. The van der Waals surface area contributed by atoms with E-state index in [-0.39, 0.29) is 30.6 Å². The van der Waals surface area contributed by atoms with Crippen molar-refractivity contribution in [3.63, 3.8) is 0 Å². The predicted molar refractivity (Wildman–Crippen MR) is 168 cm³/mol. The number of aromatic nitrogens is 3. The van der Waals surface area contributed by atoms with Gasteiger partial charge in [0, 0.05) is 55.3 Å². The fourth-order valence-electron chi connectivity index (χ4n) is 7.32. The average molecular weight is 640 g/mol. The quantitative estimate of drug-likeness (QED) is 0.236. The van der Waals surface area contributed by atoms with Crippen molar-refractivity contribution in [3.05, 3.63) is 47.4 Å². The molecule has 238 valence electrons. The number of halogens is 3. The largest absolute Gasteiger partial charge is 0.468 e. The Labute approximate surface area is 265 Å². The Morgan fingerprint density at radius 2 is 1.98 bits per heavy atom. The van der Waals surface area contributed by atoms with E-state index in [2.05, 4.69) is 14.9 Å². The lowest BCUT2D eigenvalue weighted by molar-refractivity contribution is 0.0447. The Hall–Kier alpha value is -3.38. The van der Waals surface area contributed by atoms with E-state index < -0.39 is 23.1 Å². The summed E-state index contributed by atoms with van der Waals surface area (Å²) in [6.45, 7) is 4.14. The van der Waals surface area contributed by atoms with Gasteiger partial charge in [0.2, 0.25) is 0 Å². The van der Waals surface area contributed by atoms with Crippen LogP contribution in [0.2, 0.25) is 5.02 Å². The van der Waals surface area contributed by atoms with Gasteiger partial charge in [-0.15, -0.1) is 0 Å². The Morgan fingerprint density at radius 1 is 1.13 bits per heavy atom. The van der Waals surface area contributed by atoms with E-state index in [0.717, 1.165) is 31.2 Å². The molecule has 3 saturated heterocycles. The summed E-state index contributed by atoms with van der Waals surface area (Å²) in [7, 11) is 1.52. The number of β-amino-alcohol motifs (C(OH)–C–C–N with tert-alkyl or cyclic N) is 1. The number of ether oxygens (including phenoxy) is 3. The van der Waals surface area contributed by atoms with Crippen LogP contribution in [0, 0.1) is 5.82 Å². The Morgan fingerprint density at radius 3 is 2.80 bits per heavy atom. The van der Waals surface area contributed by atoms with Gasteiger partial charge in [-0.05, 0) is 62.7 Å². The highest BCUT2D eigenvalue weighted by Gasteiger charge is 2.49. The van der Waals surface area contributed by atoms with E-state index in [1.54, 1.807) is 25.3 Å². The van der Waals surface area contributed by atoms with Gasteiger partial charge in [-0.1, -0.05) is 23.7 Å². The van der Waals surface area contributed by atoms with Crippen LogP contribution < -0.4 is 14.4 Å². The molecular weight excluding hydrogens is 604 g/mol. The van der Waals surface area contributed by atoms with Crippen LogP contribution in [0.3, 0.4) is 0 Å². The predicted octanol–water partition coefficient (Wildman–Crippen LogP) is 5.93. The molecule has 0 bridgehead atoms. The normalized spacial score (nSPS) is 25.3. The van der Waals surface area contributed by atoms with Crippen LogP contribution in [0.1, 0.15) is 39.0 Å². The number of benzene rings is 2. The first-order valence-electron chi connectivity index (χ1n) is 15.4. The van der Waals surface area contributed by atoms with Gasteiger partial charge in [0.25, 0.3) is 0 Å². The maximum Gasteiger partial charge on any atom is 0.319 e. The van der Waals surface area contributed by atoms with Crippen LogP contribution in [0.25, 0.3) is 32.9 Å². The first kappa shape index (κ1) is 30.3. The van der Waals surface area contributed by atoms with Gasteiger partial charge in [0.1, 0.15) is 35.6 Å². The lowest BCUT2D eigenvalue weighted by atomic mass is 9.95. The van der Waals surface area contributed by atoms with Gasteiger partial charge >= 0.3 is 6.01 Å². The van der Waals surface area contributed by atoms with Gasteiger partial charge in [-0.3, -0.25) is 9.88 Å². The summed E-state index contributed by atoms with van der Waals surface area (Å²) in [5.41, 5.74) is -0.852. The smallest absolute Gasteiger partial charge is 0.319 e. The minimum atomic E-state index is -0.940. The molecule has 4 aromatic rings. The number of alkyl halides is 1. The van der Waals surface area contributed by atoms with E-state index in [1.807, 2.05) is 23.1 Å². The summed E-state index contributed by atoms with van der Waals surface area (Å²) in [4.78, 5) is 18.0. The molecule has 2 aromatic heterocycles. The van der Waals surface area contributed by atoms with Gasteiger partial charge in [-0.25, -0.2) is 8.78 Å². The highest BCUT2D eigenvalue weighted by Crippen LogP contribution is 2.42. The summed E-state index contributed by atoms with van der Waals surface area (Å²) >= 11 is 6.65. The fraction of sp³-hybridized carbons (Fsp3) is 0.485. The maximum atomic E-state index is 16.8. The minimum absolute atomic E-state index is 0.00219. The number of fused-ring (bicyclic) bond motifs is 3. The average Bonchev–Trinajstić information content (AvgIpc) is 3.54. The van der Waals surface area contributed by atoms with Crippen molar-refractivity contribution in [1.82, 2.24) is 19.9 Å². The molecule has 12 heteroatoms. The monoisotopic (exact) mass is 639 g/mol. The third kappa shape index (κ3) is 5.64. The van der Waals surface area contributed by atoms with Crippen LogP contribution in [-0.2, 0) is 4.74 Å². The molecule has 7 rings (SSSR count). The van der Waals surface area contributed by atoms with Crippen LogP contribution in [0.4, 0.5) is 14.6 Å². The number of pyridine rings is 1. The Bertz CT molecular complexity index is 1760. The second-order valence-corrected chi connectivity index (χ2v) is 13.2. The van der Waals surface area contributed by atoms with E-state index in [0.29, 0.717) is 65.4 Å². The number of aliphatic hydroxyl groups is 1. The molecule has 0 amide bonds. The topological polar surface area (TPSA) is 93.1 Å². The molecule has 1 N–H and O–H groups in total.